The summed E-state index contributed by atoms with van der Waals surface area (Å²) in [5, 5.41) is 0. The first-order chi connectivity index (χ1) is 7.84. The van der Waals surface area contributed by atoms with Gasteiger partial charge in [-0.05, 0) is 37.2 Å². The summed E-state index contributed by atoms with van der Waals surface area (Å²) in [6, 6.07) is 10.8. The molecule has 1 aromatic carbocycles. The van der Waals surface area contributed by atoms with Crippen LogP contribution in [-0.4, -0.2) is 6.04 Å². The Labute approximate surface area is 98.0 Å². The number of hydrogen-bond donors (Lipinski definition) is 1. The second kappa shape index (κ2) is 6.02. The van der Waals surface area contributed by atoms with Crippen molar-refractivity contribution in [3.63, 3.8) is 0 Å². The molecule has 0 atom stereocenters. The minimum absolute atomic E-state index is 0.555. The van der Waals surface area contributed by atoms with E-state index in [0.717, 1.165) is 5.92 Å². The molecule has 0 heterocycles. The van der Waals surface area contributed by atoms with E-state index in [-0.39, 0.29) is 0 Å². The molecular formula is C14H21NO. The molecule has 88 valence electrons. The molecule has 0 saturated heterocycles. The fraction of sp³-hybridized carbons (Fsp3) is 0.571. The lowest BCUT2D eigenvalue weighted by atomic mass is 9.88. The summed E-state index contributed by atoms with van der Waals surface area (Å²) in [6.45, 7) is 2.99. The van der Waals surface area contributed by atoms with Crippen molar-refractivity contribution in [2.75, 3.05) is 0 Å². The minimum atomic E-state index is 0.555. The number of nitrogens with one attached hydrogen (secondary N) is 1. The van der Waals surface area contributed by atoms with Gasteiger partial charge < -0.3 is 0 Å². The zero-order valence-electron chi connectivity index (χ0n) is 9.99. The van der Waals surface area contributed by atoms with Gasteiger partial charge in [-0.15, -0.1) is 0 Å². The third kappa shape index (κ3) is 3.62. The second-order valence-electron chi connectivity index (χ2n) is 4.85. The molecule has 0 spiro atoms. The van der Waals surface area contributed by atoms with Crippen LogP contribution in [0.4, 0.5) is 0 Å². The quantitative estimate of drug-likeness (QED) is 0.785. The van der Waals surface area contributed by atoms with Gasteiger partial charge >= 0.3 is 0 Å². The number of rotatable bonds is 4. The first-order valence-corrected chi connectivity index (χ1v) is 6.26. The van der Waals surface area contributed by atoms with Crippen molar-refractivity contribution in [3.05, 3.63) is 35.9 Å². The molecule has 2 heteroatoms. The Morgan fingerprint density at radius 2 is 1.81 bits per heavy atom. The highest BCUT2D eigenvalue weighted by atomic mass is 16.6. The summed E-state index contributed by atoms with van der Waals surface area (Å²) in [4.78, 5) is 5.54. The van der Waals surface area contributed by atoms with E-state index in [2.05, 4.69) is 24.5 Å². The van der Waals surface area contributed by atoms with Gasteiger partial charge in [-0.3, -0.25) is 4.84 Å². The average molecular weight is 219 g/mol. The maximum Gasteiger partial charge on any atom is 0.0933 e. The molecular weight excluding hydrogens is 198 g/mol. The van der Waals surface area contributed by atoms with Gasteiger partial charge in [0.25, 0.3) is 0 Å². The predicted molar refractivity (Wildman–Crippen MR) is 65.8 cm³/mol. The van der Waals surface area contributed by atoms with Crippen molar-refractivity contribution in [3.8, 4) is 0 Å². The third-order valence-corrected chi connectivity index (χ3v) is 3.35. The number of benzene rings is 1. The molecule has 0 aromatic heterocycles. The average Bonchev–Trinajstić information content (AvgIpc) is 2.33. The van der Waals surface area contributed by atoms with Crippen LogP contribution in [0.2, 0.25) is 0 Å². The van der Waals surface area contributed by atoms with Gasteiger partial charge in [0, 0.05) is 6.04 Å². The number of hydrogen-bond acceptors (Lipinski definition) is 2. The molecule has 1 N–H and O–H groups in total. The normalized spacial score (nSPS) is 25.6. The highest BCUT2D eigenvalue weighted by Crippen LogP contribution is 2.23. The molecule has 0 amide bonds. The zero-order valence-corrected chi connectivity index (χ0v) is 9.99. The van der Waals surface area contributed by atoms with E-state index in [4.69, 9.17) is 4.84 Å². The van der Waals surface area contributed by atoms with E-state index < -0.39 is 0 Å². The molecule has 1 aromatic rings. The fourth-order valence-electron chi connectivity index (χ4n) is 2.20. The monoisotopic (exact) mass is 219 g/mol. The number of hydroxylamine groups is 1. The van der Waals surface area contributed by atoms with Crippen molar-refractivity contribution in [2.45, 2.75) is 45.3 Å². The fourth-order valence-corrected chi connectivity index (χ4v) is 2.20. The van der Waals surface area contributed by atoms with Crippen LogP contribution < -0.4 is 5.48 Å². The molecule has 16 heavy (non-hydrogen) atoms. The van der Waals surface area contributed by atoms with Crippen molar-refractivity contribution in [1.29, 1.82) is 0 Å². The lowest BCUT2D eigenvalue weighted by molar-refractivity contribution is -0.00745. The highest BCUT2D eigenvalue weighted by Gasteiger charge is 2.17. The Morgan fingerprint density at radius 3 is 2.50 bits per heavy atom. The largest absolute Gasteiger partial charge is 0.297 e. The summed E-state index contributed by atoms with van der Waals surface area (Å²) in [7, 11) is 0. The molecule has 0 radical (unpaired) electrons. The summed E-state index contributed by atoms with van der Waals surface area (Å²) >= 11 is 0. The second-order valence-corrected chi connectivity index (χ2v) is 4.85. The van der Waals surface area contributed by atoms with E-state index >= 15 is 0 Å². The van der Waals surface area contributed by atoms with Crippen LogP contribution in [0.15, 0.2) is 30.3 Å². The first kappa shape index (κ1) is 11.6. The van der Waals surface area contributed by atoms with E-state index in [0.29, 0.717) is 12.6 Å². The third-order valence-electron chi connectivity index (χ3n) is 3.35. The Bertz CT molecular complexity index is 291. The summed E-state index contributed by atoms with van der Waals surface area (Å²) in [5.74, 6) is 0.896. The van der Waals surface area contributed by atoms with Gasteiger partial charge in [-0.2, -0.15) is 5.48 Å². The summed E-state index contributed by atoms with van der Waals surface area (Å²) in [6.07, 6.45) is 5.14. The van der Waals surface area contributed by atoms with Crippen LogP contribution in [0.3, 0.4) is 0 Å². The highest BCUT2D eigenvalue weighted by molar-refractivity contribution is 5.13. The maximum atomic E-state index is 5.54. The molecule has 1 fully saturated rings. The maximum absolute atomic E-state index is 5.54. The molecule has 2 rings (SSSR count). The van der Waals surface area contributed by atoms with Crippen molar-refractivity contribution < 1.29 is 4.84 Å². The van der Waals surface area contributed by atoms with Crippen molar-refractivity contribution in [2.24, 2.45) is 5.92 Å². The predicted octanol–water partition coefficient (Wildman–Crippen LogP) is 3.29. The smallest absolute Gasteiger partial charge is 0.0933 e. The van der Waals surface area contributed by atoms with Gasteiger partial charge in [0.2, 0.25) is 0 Å². The van der Waals surface area contributed by atoms with Gasteiger partial charge in [-0.1, -0.05) is 37.3 Å². The molecule has 1 aliphatic rings. The van der Waals surface area contributed by atoms with Crippen LogP contribution in [0.5, 0.6) is 0 Å². The van der Waals surface area contributed by atoms with Crippen molar-refractivity contribution >= 4 is 0 Å². The SMILES string of the molecule is CC1CCC(NOCc2ccccc2)CC1. The Balaban J connectivity index is 1.65. The molecule has 0 unspecified atom stereocenters. The van der Waals surface area contributed by atoms with Gasteiger partial charge in [0.15, 0.2) is 0 Å². The van der Waals surface area contributed by atoms with Crippen LogP contribution in [0, 0.1) is 5.92 Å². The molecule has 1 aliphatic carbocycles. The van der Waals surface area contributed by atoms with Gasteiger partial charge in [-0.25, -0.2) is 0 Å². The molecule has 0 bridgehead atoms. The van der Waals surface area contributed by atoms with Crippen LogP contribution in [-0.2, 0) is 11.4 Å². The zero-order chi connectivity index (χ0) is 11.2. The van der Waals surface area contributed by atoms with Crippen LogP contribution in [0.1, 0.15) is 38.2 Å². The first-order valence-electron chi connectivity index (χ1n) is 6.26. The molecule has 0 aliphatic heterocycles. The Morgan fingerprint density at radius 1 is 1.12 bits per heavy atom. The lowest BCUT2D eigenvalue weighted by Gasteiger charge is -2.26. The molecule has 2 nitrogen and oxygen atoms in total. The standard InChI is InChI=1S/C14H21NO/c1-12-7-9-14(10-8-12)15-16-11-13-5-3-2-4-6-13/h2-6,12,14-15H,7-11H2,1H3. The topological polar surface area (TPSA) is 21.3 Å². The van der Waals surface area contributed by atoms with Crippen LogP contribution in [0.25, 0.3) is 0 Å². The van der Waals surface area contributed by atoms with E-state index in [9.17, 15) is 0 Å². The summed E-state index contributed by atoms with van der Waals surface area (Å²) in [5.41, 5.74) is 4.41. The minimum Gasteiger partial charge on any atom is -0.297 e. The van der Waals surface area contributed by atoms with Crippen molar-refractivity contribution in [1.82, 2.24) is 5.48 Å². The molecule has 1 saturated carbocycles. The Hall–Kier alpha value is -0.860. The van der Waals surface area contributed by atoms with Gasteiger partial charge in [0.05, 0.1) is 6.61 Å². The van der Waals surface area contributed by atoms with E-state index in [1.165, 1.54) is 31.2 Å². The van der Waals surface area contributed by atoms with E-state index in [1.54, 1.807) is 0 Å². The van der Waals surface area contributed by atoms with E-state index in [1.807, 2.05) is 18.2 Å². The summed E-state index contributed by atoms with van der Waals surface area (Å²) < 4.78 is 0. The van der Waals surface area contributed by atoms with Crippen LogP contribution >= 0.6 is 0 Å². The lowest BCUT2D eigenvalue weighted by Crippen LogP contribution is -2.32. The van der Waals surface area contributed by atoms with Gasteiger partial charge in [0.1, 0.15) is 0 Å². The Kier molecular flexibility index (Phi) is 4.37.